The van der Waals surface area contributed by atoms with E-state index in [9.17, 15) is 13.2 Å². The first-order valence-corrected chi connectivity index (χ1v) is 11.7. The number of hydrogen-bond acceptors (Lipinski definition) is 8. The molecule has 1 amide bonds. The summed E-state index contributed by atoms with van der Waals surface area (Å²) in [6.45, 7) is 1.03. The van der Waals surface area contributed by atoms with Crippen LogP contribution in [0.3, 0.4) is 0 Å². The van der Waals surface area contributed by atoms with E-state index in [1.807, 2.05) is 12.1 Å². The monoisotopic (exact) mass is 468 g/mol. The summed E-state index contributed by atoms with van der Waals surface area (Å²) < 4.78 is 43.3. The molecule has 170 valence electrons. The number of benzene rings is 2. The summed E-state index contributed by atoms with van der Waals surface area (Å²) in [5, 5.41) is 11.1. The molecule has 1 N–H and O–H groups in total. The molecule has 1 saturated heterocycles. The van der Waals surface area contributed by atoms with Gasteiger partial charge in [-0.2, -0.15) is 4.31 Å². The van der Waals surface area contributed by atoms with Gasteiger partial charge in [-0.15, -0.1) is 5.10 Å². The van der Waals surface area contributed by atoms with Crippen LogP contribution in [0.25, 0.3) is 22.6 Å². The highest BCUT2D eigenvalue weighted by atomic mass is 32.2. The third kappa shape index (κ3) is 3.96. The Balaban J connectivity index is 1.31. The van der Waals surface area contributed by atoms with Crippen LogP contribution in [0.4, 0.5) is 6.01 Å². The molecule has 10 nitrogen and oxygen atoms in total. The summed E-state index contributed by atoms with van der Waals surface area (Å²) in [5.74, 6) is 0.484. The van der Waals surface area contributed by atoms with Crippen molar-refractivity contribution in [3.63, 3.8) is 0 Å². The number of nitrogens with zero attached hydrogens (tertiary/aromatic N) is 3. The summed E-state index contributed by atoms with van der Waals surface area (Å²) >= 11 is 0. The van der Waals surface area contributed by atoms with Gasteiger partial charge in [0.2, 0.25) is 10.0 Å². The van der Waals surface area contributed by atoms with E-state index < -0.39 is 15.9 Å². The van der Waals surface area contributed by atoms with Crippen molar-refractivity contribution in [2.45, 2.75) is 17.7 Å². The molecule has 0 unspecified atom stereocenters. The number of carbonyl (C=O) groups is 1. The van der Waals surface area contributed by atoms with Crippen molar-refractivity contribution in [1.82, 2.24) is 14.5 Å². The Morgan fingerprint density at radius 1 is 1.06 bits per heavy atom. The van der Waals surface area contributed by atoms with Crippen molar-refractivity contribution in [3.8, 4) is 17.4 Å². The molecule has 0 saturated carbocycles. The minimum Gasteiger partial charge on any atom is -0.493 e. The highest BCUT2D eigenvalue weighted by Crippen LogP contribution is 2.33. The molecular formula is C22H20N4O6S. The number of nitrogens with one attached hydrogen (secondary N) is 1. The number of methoxy groups -OCH3 is 1. The zero-order valence-electron chi connectivity index (χ0n) is 17.6. The quantitative estimate of drug-likeness (QED) is 0.455. The van der Waals surface area contributed by atoms with Gasteiger partial charge in [0.1, 0.15) is 0 Å². The van der Waals surface area contributed by atoms with E-state index in [2.05, 4.69) is 15.5 Å². The number of furan rings is 1. The van der Waals surface area contributed by atoms with Crippen molar-refractivity contribution in [1.29, 1.82) is 0 Å². The lowest BCUT2D eigenvalue weighted by atomic mass is 10.2. The number of aromatic nitrogens is 2. The van der Waals surface area contributed by atoms with Gasteiger partial charge in [-0.3, -0.25) is 10.1 Å². The van der Waals surface area contributed by atoms with Crippen LogP contribution >= 0.6 is 0 Å². The Morgan fingerprint density at radius 3 is 2.55 bits per heavy atom. The van der Waals surface area contributed by atoms with Crippen LogP contribution in [0.5, 0.6) is 5.75 Å². The number of hydrogen-bond donors (Lipinski definition) is 1. The number of rotatable bonds is 6. The standard InChI is InChI=1S/C22H20N4O6S/c1-30-17-6-4-5-15-13-18(31-19(15)17)21-24-25-22(32-21)23-20(27)14-7-9-16(10-8-14)33(28,29)26-11-2-3-12-26/h4-10,13H,2-3,11-12H2,1H3,(H,23,25,27). The zero-order valence-corrected chi connectivity index (χ0v) is 18.5. The van der Waals surface area contributed by atoms with Gasteiger partial charge >= 0.3 is 6.01 Å². The van der Waals surface area contributed by atoms with Crippen LogP contribution in [0, 0.1) is 0 Å². The van der Waals surface area contributed by atoms with Crippen molar-refractivity contribution >= 4 is 32.9 Å². The van der Waals surface area contributed by atoms with Crippen LogP contribution in [0.15, 0.2) is 62.3 Å². The van der Waals surface area contributed by atoms with Gasteiger partial charge in [0.15, 0.2) is 17.1 Å². The summed E-state index contributed by atoms with van der Waals surface area (Å²) in [7, 11) is -1.99. The highest BCUT2D eigenvalue weighted by Gasteiger charge is 2.27. The number of anilines is 1. The van der Waals surface area contributed by atoms with Crippen molar-refractivity contribution < 1.29 is 26.8 Å². The maximum Gasteiger partial charge on any atom is 0.322 e. The number of sulfonamides is 1. The minimum absolute atomic E-state index is 0.0932. The smallest absolute Gasteiger partial charge is 0.322 e. The number of amides is 1. The van der Waals surface area contributed by atoms with Crippen molar-refractivity contribution in [2.75, 3.05) is 25.5 Å². The second kappa shape index (κ2) is 8.34. The van der Waals surface area contributed by atoms with E-state index in [0.717, 1.165) is 18.2 Å². The van der Waals surface area contributed by atoms with E-state index in [1.54, 1.807) is 19.2 Å². The summed E-state index contributed by atoms with van der Waals surface area (Å²) in [4.78, 5) is 12.7. The van der Waals surface area contributed by atoms with Gasteiger partial charge in [-0.25, -0.2) is 8.42 Å². The molecule has 3 heterocycles. The number of carbonyl (C=O) groups excluding carboxylic acids is 1. The Labute approximate surface area is 189 Å². The van der Waals surface area contributed by atoms with E-state index in [1.165, 1.54) is 28.6 Å². The predicted molar refractivity (Wildman–Crippen MR) is 118 cm³/mol. The van der Waals surface area contributed by atoms with Crippen LogP contribution < -0.4 is 10.1 Å². The maximum absolute atomic E-state index is 12.6. The molecule has 1 aliphatic rings. The minimum atomic E-state index is -3.54. The van der Waals surface area contributed by atoms with Crippen LogP contribution in [0.1, 0.15) is 23.2 Å². The van der Waals surface area contributed by atoms with E-state index in [0.29, 0.717) is 30.2 Å². The Hall–Kier alpha value is -3.70. The Kier molecular flexibility index (Phi) is 5.35. The second-order valence-corrected chi connectivity index (χ2v) is 9.43. The number of ether oxygens (including phenoxy) is 1. The number of fused-ring (bicyclic) bond motifs is 1. The molecule has 0 atom stereocenters. The van der Waals surface area contributed by atoms with E-state index in [4.69, 9.17) is 13.6 Å². The van der Waals surface area contributed by atoms with E-state index in [-0.39, 0.29) is 22.4 Å². The fraction of sp³-hybridized carbons (Fsp3) is 0.227. The van der Waals surface area contributed by atoms with Gasteiger partial charge in [0.25, 0.3) is 11.8 Å². The van der Waals surface area contributed by atoms with Crippen LogP contribution in [-0.2, 0) is 10.0 Å². The number of para-hydroxylation sites is 1. The average Bonchev–Trinajstić information content (AvgIpc) is 3.59. The molecule has 0 bridgehead atoms. The second-order valence-electron chi connectivity index (χ2n) is 7.49. The zero-order chi connectivity index (χ0) is 23.0. The summed E-state index contributed by atoms with van der Waals surface area (Å²) in [5.41, 5.74) is 0.798. The molecule has 0 spiro atoms. The summed E-state index contributed by atoms with van der Waals surface area (Å²) in [6.07, 6.45) is 1.71. The summed E-state index contributed by atoms with van der Waals surface area (Å²) in [6, 6.07) is 12.8. The van der Waals surface area contributed by atoms with E-state index >= 15 is 0 Å². The third-order valence-corrected chi connectivity index (χ3v) is 7.32. The topological polar surface area (TPSA) is 128 Å². The largest absolute Gasteiger partial charge is 0.493 e. The lowest BCUT2D eigenvalue weighted by Crippen LogP contribution is -2.27. The van der Waals surface area contributed by atoms with Crippen molar-refractivity contribution in [3.05, 3.63) is 54.1 Å². The molecular weight excluding hydrogens is 448 g/mol. The lowest BCUT2D eigenvalue weighted by Gasteiger charge is -2.15. The third-order valence-electron chi connectivity index (χ3n) is 5.40. The molecule has 0 radical (unpaired) electrons. The molecule has 4 aromatic rings. The SMILES string of the molecule is COc1cccc2cc(-c3nnc(NC(=O)c4ccc(S(=O)(=O)N5CCCC5)cc4)o3)oc12. The fourth-order valence-corrected chi connectivity index (χ4v) is 5.22. The van der Waals surface area contributed by atoms with Gasteiger partial charge < -0.3 is 13.6 Å². The van der Waals surface area contributed by atoms with Crippen LogP contribution in [0.2, 0.25) is 0 Å². The molecule has 33 heavy (non-hydrogen) atoms. The first kappa shape index (κ1) is 21.2. The lowest BCUT2D eigenvalue weighted by molar-refractivity contribution is 0.102. The molecule has 1 fully saturated rings. The normalized spacial score (nSPS) is 14.6. The molecule has 2 aromatic carbocycles. The van der Waals surface area contributed by atoms with Crippen molar-refractivity contribution in [2.24, 2.45) is 0 Å². The van der Waals surface area contributed by atoms with Gasteiger partial charge in [-0.05, 0) is 49.2 Å². The highest BCUT2D eigenvalue weighted by molar-refractivity contribution is 7.89. The molecule has 0 aliphatic carbocycles. The Morgan fingerprint density at radius 2 is 1.82 bits per heavy atom. The van der Waals surface area contributed by atoms with Crippen LogP contribution in [-0.4, -0.2) is 49.0 Å². The molecule has 2 aromatic heterocycles. The maximum atomic E-state index is 12.6. The van der Waals surface area contributed by atoms with Gasteiger partial charge in [0.05, 0.1) is 12.0 Å². The molecule has 1 aliphatic heterocycles. The predicted octanol–water partition coefficient (Wildman–Crippen LogP) is 3.53. The Bertz CT molecular complexity index is 1420. The first-order chi connectivity index (χ1) is 16.0. The molecule has 5 rings (SSSR count). The first-order valence-electron chi connectivity index (χ1n) is 10.3. The van der Waals surface area contributed by atoms with Gasteiger partial charge in [0, 0.05) is 24.0 Å². The van der Waals surface area contributed by atoms with Gasteiger partial charge in [-0.1, -0.05) is 17.2 Å². The average molecular weight is 468 g/mol. The molecule has 11 heteroatoms. The fourth-order valence-electron chi connectivity index (χ4n) is 3.70.